The molecule has 25 heavy (non-hydrogen) atoms. The number of thiazole rings is 1. The lowest BCUT2D eigenvalue weighted by Gasteiger charge is -2.25. The first-order valence-electron chi connectivity index (χ1n) is 8.61. The number of rotatable bonds is 7. The van der Waals surface area contributed by atoms with Crippen molar-refractivity contribution < 1.29 is 0 Å². The lowest BCUT2D eigenvalue weighted by molar-refractivity contribution is 0.249. The molecule has 0 saturated carbocycles. The van der Waals surface area contributed by atoms with Crippen LogP contribution in [0.4, 0.5) is 0 Å². The average Bonchev–Trinajstić information content (AvgIpc) is 2.93. The molecule has 2 rings (SSSR count). The molecule has 2 aromatic rings. The summed E-state index contributed by atoms with van der Waals surface area (Å²) in [5, 5.41) is 7.83. The van der Waals surface area contributed by atoms with Crippen LogP contribution in [0.5, 0.6) is 0 Å². The highest BCUT2D eigenvalue weighted by Crippen LogP contribution is 2.15. The van der Waals surface area contributed by atoms with Crippen molar-refractivity contribution >= 4 is 17.3 Å². The third-order valence-electron chi connectivity index (χ3n) is 4.30. The fourth-order valence-electron chi connectivity index (χ4n) is 2.42. The summed E-state index contributed by atoms with van der Waals surface area (Å²) in [4.78, 5) is 12.5. The molecule has 0 amide bonds. The van der Waals surface area contributed by atoms with E-state index < -0.39 is 0 Å². The molecular weight excluding hydrogens is 330 g/mol. The molecule has 0 saturated heterocycles. The van der Waals surface area contributed by atoms with Crippen molar-refractivity contribution in [3.8, 4) is 0 Å². The summed E-state index contributed by atoms with van der Waals surface area (Å²) in [6.07, 6.45) is 0. The Hall–Kier alpha value is -1.92. The highest BCUT2D eigenvalue weighted by Gasteiger charge is 2.11. The highest BCUT2D eigenvalue weighted by atomic mass is 32.1. The van der Waals surface area contributed by atoms with Gasteiger partial charge in [-0.05, 0) is 33.4 Å². The van der Waals surface area contributed by atoms with Crippen molar-refractivity contribution in [1.82, 2.24) is 20.5 Å². The second-order valence-electron chi connectivity index (χ2n) is 6.31. The van der Waals surface area contributed by atoms with Gasteiger partial charge in [-0.3, -0.25) is 9.89 Å². The lowest BCUT2D eigenvalue weighted by Crippen LogP contribution is -2.44. The largest absolute Gasteiger partial charge is 0.355 e. The van der Waals surface area contributed by atoms with Gasteiger partial charge in [0.2, 0.25) is 0 Å². The van der Waals surface area contributed by atoms with Crippen LogP contribution in [0.15, 0.2) is 35.3 Å². The Bertz CT molecular complexity index is 661. The van der Waals surface area contributed by atoms with Crippen LogP contribution in [0.25, 0.3) is 0 Å². The maximum Gasteiger partial charge on any atom is 0.191 e. The first-order valence-corrected chi connectivity index (χ1v) is 9.42. The third-order valence-corrected chi connectivity index (χ3v) is 5.37. The van der Waals surface area contributed by atoms with Crippen LogP contribution in [0.2, 0.25) is 0 Å². The molecule has 6 heteroatoms. The van der Waals surface area contributed by atoms with Gasteiger partial charge in [0.25, 0.3) is 0 Å². The first kappa shape index (κ1) is 19.4. The Labute approximate surface area is 155 Å². The van der Waals surface area contributed by atoms with Crippen LogP contribution in [0, 0.1) is 13.8 Å². The van der Waals surface area contributed by atoms with Crippen molar-refractivity contribution in [2.24, 2.45) is 4.99 Å². The summed E-state index contributed by atoms with van der Waals surface area (Å²) in [5.41, 5.74) is 2.44. The van der Waals surface area contributed by atoms with Crippen LogP contribution in [0.3, 0.4) is 0 Å². The molecule has 1 atom stereocenters. The molecular formula is C19H29N5S. The van der Waals surface area contributed by atoms with Crippen molar-refractivity contribution in [2.45, 2.75) is 39.9 Å². The Morgan fingerprint density at radius 3 is 2.56 bits per heavy atom. The molecule has 0 bridgehead atoms. The lowest BCUT2D eigenvalue weighted by atomic mass is 10.2. The van der Waals surface area contributed by atoms with E-state index >= 15 is 0 Å². The second kappa shape index (κ2) is 9.53. The molecule has 0 fully saturated rings. The van der Waals surface area contributed by atoms with E-state index in [-0.39, 0.29) is 0 Å². The molecule has 1 aromatic heterocycles. The minimum absolute atomic E-state index is 0.392. The third kappa shape index (κ3) is 6.14. The fourth-order valence-corrected chi connectivity index (χ4v) is 3.30. The zero-order valence-electron chi connectivity index (χ0n) is 15.8. The summed E-state index contributed by atoms with van der Waals surface area (Å²) >= 11 is 1.73. The summed E-state index contributed by atoms with van der Waals surface area (Å²) in [7, 11) is 3.95. The van der Waals surface area contributed by atoms with Gasteiger partial charge in [-0.2, -0.15) is 0 Å². The second-order valence-corrected chi connectivity index (χ2v) is 7.59. The van der Waals surface area contributed by atoms with E-state index in [0.29, 0.717) is 12.6 Å². The molecule has 2 N–H and O–H groups in total. The zero-order chi connectivity index (χ0) is 18.2. The van der Waals surface area contributed by atoms with E-state index in [1.807, 2.05) is 6.92 Å². The predicted molar refractivity (Wildman–Crippen MR) is 107 cm³/mol. The van der Waals surface area contributed by atoms with Gasteiger partial charge < -0.3 is 10.6 Å². The average molecular weight is 360 g/mol. The van der Waals surface area contributed by atoms with Gasteiger partial charge in [-0.25, -0.2) is 4.98 Å². The summed E-state index contributed by atoms with van der Waals surface area (Å²) < 4.78 is 0. The minimum atomic E-state index is 0.392. The normalized spacial score (nSPS) is 13.1. The van der Waals surface area contributed by atoms with Crippen LogP contribution >= 0.6 is 11.3 Å². The van der Waals surface area contributed by atoms with Crippen molar-refractivity contribution in [3.63, 3.8) is 0 Å². The van der Waals surface area contributed by atoms with E-state index in [2.05, 4.69) is 76.7 Å². The smallest absolute Gasteiger partial charge is 0.191 e. The molecule has 0 aliphatic carbocycles. The number of guanidine groups is 1. The number of hydrogen-bond donors (Lipinski definition) is 2. The summed E-state index contributed by atoms with van der Waals surface area (Å²) in [6, 6.07) is 10.9. The number of nitrogens with one attached hydrogen (secondary N) is 2. The monoisotopic (exact) mass is 359 g/mol. The standard InChI is InChI=1S/C19H29N5S/c1-14(24(5)13-17-9-7-6-8-10-17)11-21-19(20-4)22-12-18-23-15(2)16(3)25-18/h6-10,14H,11-13H2,1-5H3,(H2,20,21,22). The topological polar surface area (TPSA) is 52.6 Å². The van der Waals surface area contributed by atoms with Crippen molar-refractivity contribution in [2.75, 3.05) is 20.6 Å². The van der Waals surface area contributed by atoms with E-state index in [4.69, 9.17) is 0 Å². The molecule has 0 aliphatic rings. The number of likely N-dealkylation sites (N-methyl/N-ethyl adjacent to an activating group) is 1. The Morgan fingerprint density at radius 1 is 1.24 bits per heavy atom. The van der Waals surface area contributed by atoms with Gasteiger partial charge in [-0.15, -0.1) is 11.3 Å². The molecule has 5 nitrogen and oxygen atoms in total. The van der Waals surface area contributed by atoms with Crippen LogP contribution < -0.4 is 10.6 Å². The first-order chi connectivity index (χ1) is 12.0. The maximum atomic E-state index is 4.55. The summed E-state index contributed by atoms with van der Waals surface area (Å²) in [6.45, 7) is 8.84. The molecule has 1 unspecified atom stereocenters. The zero-order valence-corrected chi connectivity index (χ0v) is 16.7. The molecule has 1 aromatic carbocycles. The fraction of sp³-hybridized carbons (Fsp3) is 0.474. The van der Waals surface area contributed by atoms with E-state index in [1.54, 1.807) is 18.4 Å². The van der Waals surface area contributed by atoms with E-state index in [0.717, 1.165) is 29.8 Å². The minimum Gasteiger partial charge on any atom is -0.355 e. The van der Waals surface area contributed by atoms with Crippen LogP contribution in [0.1, 0.15) is 28.1 Å². The quantitative estimate of drug-likeness (QED) is 0.589. The van der Waals surface area contributed by atoms with Gasteiger partial charge in [0.15, 0.2) is 5.96 Å². The van der Waals surface area contributed by atoms with Crippen LogP contribution in [-0.2, 0) is 13.1 Å². The van der Waals surface area contributed by atoms with Crippen molar-refractivity contribution in [3.05, 3.63) is 51.5 Å². The Morgan fingerprint density at radius 2 is 1.96 bits per heavy atom. The van der Waals surface area contributed by atoms with Crippen LogP contribution in [-0.4, -0.2) is 42.5 Å². The van der Waals surface area contributed by atoms with Gasteiger partial charge in [-0.1, -0.05) is 30.3 Å². The van der Waals surface area contributed by atoms with Gasteiger partial charge in [0, 0.05) is 31.1 Å². The van der Waals surface area contributed by atoms with E-state index in [1.165, 1.54) is 10.4 Å². The number of benzene rings is 1. The van der Waals surface area contributed by atoms with Gasteiger partial charge >= 0.3 is 0 Å². The number of aromatic nitrogens is 1. The molecule has 0 spiro atoms. The number of hydrogen-bond acceptors (Lipinski definition) is 4. The molecule has 1 heterocycles. The van der Waals surface area contributed by atoms with Gasteiger partial charge in [0.1, 0.15) is 5.01 Å². The van der Waals surface area contributed by atoms with E-state index in [9.17, 15) is 0 Å². The maximum absolute atomic E-state index is 4.55. The predicted octanol–water partition coefficient (Wildman–Crippen LogP) is 2.95. The highest BCUT2D eigenvalue weighted by molar-refractivity contribution is 7.11. The number of aryl methyl sites for hydroxylation is 2. The summed E-state index contributed by atoms with van der Waals surface area (Å²) in [5.74, 6) is 0.811. The Kier molecular flexibility index (Phi) is 7.40. The number of aliphatic imine (C=N–C) groups is 1. The number of nitrogens with zero attached hydrogens (tertiary/aromatic N) is 3. The van der Waals surface area contributed by atoms with Gasteiger partial charge in [0.05, 0.1) is 12.2 Å². The molecule has 136 valence electrons. The van der Waals surface area contributed by atoms with Crippen molar-refractivity contribution in [1.29, 1.82) is 0 Å². The molecule has 0 aliphatic heterocycles. The SMILES string of the molecule is CN=C(NCc1nc(C)c(C)s1)NCC(C)N(C)Cc1ccccc1. The molecule has 0 radical (unpaired) electrons. The Balaban J connectivity index is 1.77.